The summed E-state index contributed by atoms with van der Waals surface area (Å²) in [5.74, 6) is -1.26. The number of rotatable bonds is 2. The normalized spacial score (nSPS) is 32.2. The minimum absolute atomic E-state index is 0.519. The second-order valence-electron chi connectivity index (χ2n) is 2.87. The van der Waals surface area contributed by atoms with Gasteiger partial charge in [0, 0.05) is 6.92 Å². The van der Waals surface area contributed by atoms with Gasteiger partial charge in [-0.15, -0.1) is 0 Å². The molecule has 0 spiro atoms. The van der Waals surface area contributed by atoms with Crippen molar-refractivity contribution in [1.29, 1.82) is 0 Å². The van der Waals surface area contributed by atoms with E-state index in [1.165, 1.54) is 0 Å². The van der Waals surface area contributed by atoms with Crippen LogP contribution in [0.2, 0.25) is 0 Å². The van der Waals surface area contributed by atoms with E-state index in [1.54, 1.807) is 0 Å². The topological polar surface area (TPSA) is 83.8 Å². The van der Waals surface area contributed by atoms with Gasteiger partial charge in [-0.05, 0) is 12.2 Å². The van der Waals surface area contributed by atoms with Crippen molar-refractivity contribution in [3.8, 4) is 0 Å². The van der Waals surface area contributed by atoms with Crippen molar-refractivity contribution in [3.63, 3.8) is 0 Å². The van der Waals surface area contributed by atoms with Gasteiger partial charge in [0.05, 0.1) is 0 Å². The number of ether oxygens (including phenoxy) is 1. The standard InChI is InChI=1S/C8H10O5/c1-5(9)13-4-8(12)6(10)2-3-7(8)11/h2-3,6,10,12H,4H2,1H3/t6-,8+/m0/s1. The maximum atomic E-state index is 11.0. The SMILES string of the molecule is CC(=O)OC[C@]1(O)C(=O)C=C[C@@H]1O. The number of carbonyl (C=O) groups excluding carboxylic acids is 2. The summed E-state index contributed by atoms with van der Waals surface area (Å²) in [4.78, 5) is 21.4. The van der Waals surface area contributed by atoms with Crippen LogP contribution >= 0.6 is 0 Å². The molecular weight excluding hydrogens is 176 g/mol. The Morgan fingerprint density at radius 1 is 1.77 bits per heavy atom. The van der Waals surface area contributed by atoms with E-state index in [9.17, 15) is 19.8 Å². The Morgan fingerprint density at radius 2 is 2.38 bits per heavy atom. The molecule has 0 aliphatic heterocycles. The number of esters is 1. The van der Waals surface area contributed by atoms with Gasteiger partial charge in [0.25, 0.3) is 0 Å². The van der Waals surface area contributed by atoms with Crippen LogP contribution in [0.3, 0.4) is 0 Å². The van der Waals surface area contributed by atoms with Crippen LogP contribution in [-0.4, -0.2) is 40.3 Å². The van der Waals surface area contributed by atoms with Gasteiger partial charge in [-0.1, -0.05) is 0 Å². The first-order valence-corrected chi connectivity index (χ1v) is 3.73. The van der Waals surface area contributed by atoms with E-state index in [-0.39, 0.29) is 0 Å². The van der Waals surface area contributed by atoms with Crippen LogP contribution < -0.4 is 0 Å². The smallest absolute Gasteiger partial charge is 0.302 e. The highest BCUT2D eigenvalue weighted by Crippen LogP contribution is 2.21. The van der Waals surface area contributed by atoms with Crippen LogP contribution in [0, 0.1) is 0 Å². The van der Waals surface area contributed by atoms with Gasteiger partial charge in [-0.25, -0.2) is 0 Å². The number of carbonyl (C=O) groups is 2. The fourth-order valence-electron chi connectivity index (χ4n) is 0.996. The van der Waals surface area contributed by atoms with Crippen LogP contribution in [0.1, 0.15) is 6.92 Å². The van der Waals surface area contributed by atoms with Gasteiger partial charge >= 0.3 is 5.97 Å². The highest BCUT2D eigenvalue weighted by molar-refractivity contribution is 6.00. The van der Waals surface area contributed by atoms with Gasteiger partial charge < -0.3 is 14.9 Å². The molecule has 0 bridgehead atoms. The zero-order valence-electron chi connectivity index (χ0n) is 7.06. The summed E-state index contributed by atoms with van der Waals surface area (Å²) in [6, 6.07) is 0. The minimum atomic E-state index is -1.99. The molecule has 2 atom stereocenters. The molecule has 0 aromatic heterocycles. The van der Waals surface area contributed by atoms with Crippen LogP contribution in [0.25, 0.3) is 0 Å². The minimum Gasteiger partial charge on any atom is -0.462 e. The van der Waals surface area contributed by atoms with Crippen LogP contribution in [0.4, 0.5) is 0 Å². The van der Waals surface area contributed by atoms with Crippen molar-refractivity contribution >= 4 is 11.8 Å². The molecule has 5 nitrogen and oxygen atoms in total. The number of ketones is 1. The Bertz CT molecular complexity index is 270. The molecule has 72 valence electrons. The third kappa shape index (κ3) is 1.76. The number of hydrogen-bond acceptors (Lipinski definition) is 5. The summed E-state index contributed by atoms with van der Waals surface area (Å²) in [5.41, 5.74) is -1.99. The lowest BCUT2D eigenvalue weighted by Crippen LogP contribution is -2.48. The molecule has 0 aromatic carbocycles. The second-order valence-corrected chi connectivity index (χ2v) is 2.87. The molecule has 0 aromatic rings. The fourth-order valence-corrected chi connectivity index (χ4v) is 0.996. The number of hydrogen-bond donors (Lipinski definition) is 2. The van der Waals surface area contributed by atoms with E-state index in [0.29, 0.717) is 0 Å². The Hall–Kier alpha value is -1.20. The summed E-state index contributed by atoms with van der Waals surface area (Å²) >= 11 is 0. The maximum Gasteiger partial charge on any atom is 0.302 e. The summed E-state index contributed by atoms with van der Waals surface area (Å²) in [6.07, 6.45) is 0.916. The Labute approximate surface area is 74.6 Å². The zero-order valence-corrected chi connectivity index (χ0v) is 7.06. The summed E-state index contributed by atoms with van der Waals surface area (Å²) in [7, 11) is 0. The second kappa shape index (κ2) is 3.27. The van der Waals surface area contributed by atoms with Crippen LogP contribution in [-0.2, 0) is 14.3 Å². The third-order valence-corrected chi connectivity index (χ3v) is 1.84. The summed E-state index contributed by atoms with van der Waals surface area (Å²) in [5, 5.41) is 18.7. The maximum absolute atomic E-state index is 11.0. The lowest BCUT2D eigenvalue weighted by Gasteiger charge is -2.23. The zero-order chi connectivity index (χ0) is 10.1. The molecule has 0 fully saturated rings. The van der Waals surface area contributed by atoms with Gasteiger partial charge in [0.15, 0.2) is 11.4 Å². The van der Waals surface area contributed by atoms with E-state index >= 15 is 0 Å². The molecule has 13 heavy (non-hydrogen) atoms. The van der Waals surface area contributed by atoms with Crippen molar-refractivity contribution in [2.75, 3.05) is 6.61 Å². The van der Waals surface area contributed by atoms with Gasteiger partial charge in [0.2, 0.25) is 0 Å². The molecule has 0 saturated carbocycles. The molecule has 1 rings (SSSR count). The van der Waals surface area contributed by atoms with Crippen molar-refractivity contribution in [3.05, 3.63) is 12.2 Å². The van der Waals surface area contributed by atoms with Gasteiger partial charge in [0.1, 0.15) is 12.7 Å². The van der Waals surface area contributed by atoms with E-state index in [2.05, 4.69) is 4.74 Å². The van der Waals surface area contributed by atoms with Gasteiger partial charge in [-0.3, -0.25) is 9.59 Å². The lowest BCUT2D eigenvalue weighted by atomic mass is 9.99. The quantitative estimate of drug-likeness (QED) is 0.528. The Balaban J connectivity index is 2.65. The average Bonchev–Trinajstić information content (AvgIpc) is 2.31. The Morgan fingerprint density at radius 3 is 2.77 bits per heavy atom. The first-order valence-electron chi connectivity index (χ1n) is 3.73. The molecule has 0 heterocycles. The first-order chi connectivity index (χ1) is 5.97. The fraction of sp³-hybridized carbons (Fsp3) is 0.500. The van der Waals surface area contributed by atoms with Crippen LogP contribution in [0.15, 0.2) is 12.2 Å². The Kier molecular flexibility index (Phi) is 2.49. The summed E-state index contributed by atoms with van der Waals surface area (Å²) < 4.78 is 4.46. The molecule has 1 aliphatic carbocycles. The highest BCUT2D eigenvalue weighted by atomic mass is 16.5. The molecule has 0 radical (unpaired) electrons. The highest BCUT2D eigenvalue weighted by Gasteiger charge is 2.45. The van der Waals surface area contributed by atoms with E-state index < -0.39 is 30.1 Å². The molecular formula is C8H10O5. The van der Waals surface area contributed by atoms with Crippen molar-refractivity contribution in [1.82, 2.24) is 0 Å². The van der Waals surface area contributed by atoms with E-state index in [0.717, 1.165) is 19.1 Å². The predicted octanol–water partition coefficient (Wildman–Crippen LogP) is -1.22. The van der Waals surface area contributed by atoms with Crippen molar-refractivity contribution < 1.29 is 24.5 Å². The number of aliphatic hydroxyl groups excluding tert-OH is 1. The molecule has 0 saturated heterocycles. The van der Waals surface area contributed by atoms with Crippen LogP contribution in [0.5, 0.6) is 0 Å². The average molecular weight is 186 g/mol. The van der Waals surface area contributed by atoms with Gasteiger partial charge in [-0.2, -0.15) is 0 Å². The summed E-state index contributed by atoms with van der Waals surface area (Å²) in [6.45, 7) is 0.637. The third-order valence-electron chi connectivity index (χ3n) is 1.84. The van der Waals surface area contributed by atoms with Crippen molar-refractivity contribution in [2.45, 2.75) is 18.6 Å². The first kappa shape index (κ1) is 9.88. The molecule has 1 aliphatic rings. The molecule has 2 N–H and O–H groups in total. The largest absolute Gasteiger partial charge is 0.462 e. The monoisotopic (exact) mass is 186 g/mol. The molecule has 0 unspecified atom stereocenters. The lowest BCUT2D eigenvalue weighted by molar-refractivity contribution is -0.160. The number of aliphatic hydroxyl groups is 2. The predicted molar refractivity (Wildman–Crippen MR) is 41.7 cm³/mol. The van der Waals surface area contributed by atoms with Crippen molar-refractivity contribution in [2.24, 2.45) is 0 Å². The van der Waals surface area contributed by atoms with E-state index in [1.807, 2.05) is 0 Å². The van der Waals surface area contributed by atoms with E-state index in [4.69, 9.17) is 0 Å². The molecule has 0 amide bonds. The molecule has 5 heteroatoms.